The maximum atomic E-state index is 9.42. The molecule has 1 aliphatic heterocycles. The van der Waals surface area contributed by atoms with E-state index in [0.29, 0.717) is 13.1 Å². The maximum Gasteiger partial charge on any atom is 0.0938 e. The van der Waals surface area contributed by atoms with E-state index in [0.717, 1.165) is 6.54 Å². The number of hydrogen-bond donors (Lipinski definition) is 2. The van der Waals surface area contributed by atoms with Crippen molar-refractivity contribution in [3.05, 3.63) is 35.4 Å². The van der Waals surface area contributed by atoms with Crippen LogP contribution in [-0.2, 0) is 6.54 Å². The molecule has 2 rings (SSSR count). The Kier molecular flexibility index (Phi) is 3.05. The molecule has 0 saturated carbocycles. The zero-order valence-electron chi connectivity index (χ0n) is 8.93. The Morgan fingerprint density at radius 2 is 1.80 bits per heavy atom. The fourth-order valence-corrected chi connectivity index (χ4v) is 2.00. The van der Waals surface area contributed by atoms with Crippen molar-refractivity contribution in [2.75, 3.05) is 13.1 Å². The van der Waals surface area contributed by atoms with Gasteiger partial charge < -0.3 is 10.2 Å². The minimum Gasteiger partial charge on any atom is -0.389 e. The van der Waals surface area contributed by atoms with Crippen LogP contribution < -0.4 is 0 Å². The number of rotatable bonds is 2. The zero-order valence-corrected chi connectivity index (χ0v) is 8.93. The molecule has 1 aromatic rings. The second-order valence-electron chi connectivity index (χ2n) is 4.26. The van der Waals surface area contributed by atoms with Crippen LogP contribution >= 0.6 is 0 Å². The molecule has 0 aliphatic carbocycles. The first kappa shape index (κ1) is 10.6. The third-order valence-corrected chi connectivity index (χ3v) is 2.99. The number of aliphatic hydroxyl groups excluding tert-OH is 2. The monoisotopic (exact) mass is 207 g/mol. The Bertz CT molecular complexity index is 330. The first-order chi connectivity index (χ1) is 7.16. The van der Waals surface area contributed by atoms with E-state index in [1.165, 1.54) is 11.1 Å². The Morgan fingerprint density at radius 3 is 2.40 bits per heavy atom. The van der Waals surface area contributed by atoms with Gasteiger partial charge in [-0.05, 0) is 18.1 Å². The lowest BCUT2D eigenvalue weighted by Crippen LogP contribution is -2.22. The lowest BCUT2D eigenvalue weighted by atomic mass is 10.1. The zero-order chi connectivity index (χ0) is 10.8. The summed E-state index contributed by atoms with van der Waals surface area (Å²) in [6.07, 6.45) is -1.18. The van der Waals surface area contributed by atoms with E-state index in [4.69, 9.17) is 0 Å². The van der Waals surface area contributed by atoms with Gasteiger partial charge in [-0.1, -0.05) is 24.3 Å². The van der Waals surface area contributed by atoms with Gasteiger partial charge in [-0.3, -0.25) is 4.90 Å². The molecule has 15 heavy (non-hydrogen) atoms. The van der Waals surface area contributed by atoms with Crippen LogP contribution in [0.4, 0.5) is 0 Å². The molecule has 1 saturated heterocycles. The highest BCUT2D eigenvalue weighted by Gasteiger charge is 2.29. The Hall–Kier alpha value is -0.900. The molecule has 0 bridgehead atoms. The molecule has 3 heteroatoms. The quantitative estimate of drug-likeness (QED) is 0.743. The van der Waals surface area contributed by atoms with Crippen molar-refractivity contribution in [2.45, 2.75) is 25.7 Å². The van der Waals surface area contributed by atoms with Crippen LogP contribution in [0.1, 0.15) is 11.1 Å². The van der Waals surface area contributed by atoms with E-state index < -0.39 is 12.2 Å². The molecule has 2 atom stereocenters. The molecule has 0 radical (unpaired) electrons. The molecule has 0 amide bonds. The standard InChI is InChI=1S/C12H17NO2/c1-9-4-2-3-5-10(9)6-13-7-11(14)12(15)8-13/h2-5,11-12,14-15H,6-8H2,1H3/t11-,12+. The second-order valence-corrected chi connectivity index (χ2v) is 4.26. The fraction of sp³-hybridized carbons (Fsp3) is 0.500. The van der Waals surface area contributed by atoms with Crippen molar-refractivity contribution in [1.29, 1.82) is 0 Å². The molecule has 1 heterocycles. The molecular weight excluding hydrogens is 190 g/mol. The first-order valence-electron chi connectivity index (χ1n) is 5.30. The molecule has 0 unspecified atom stereocenters. The third kappa shape index (κ3) is 2.37. The van der Waals surface area contributed by atoms with Crippen LogP contribution in [0.5, 0.6) is 0 Å². The van der Waals surface area contributed by atoms with E-state index in [1.54, 1.807) is 0 Å². The van der Waals surface area contributed by atoms with Crippen LogP contribution in [0, 0.1) is 6.92 Å². The van der Waals surface area contributed by atoms with Gasteiger partial charge in [-0.15, -0.1) is 0 Å². The summed E-state index contributed by atoms with van der Waals surface area (Å²) in [5, 5.41) is 18.8. The Balaban J connectivity index is 2.01. The van der Waals surface area contributed by atoms with Gasteiger partial charge in [-0.2, -0.15) is 0 Å². The van der Waals surface area contributed by atoms with E-state index in [-0.39, 0.29) is 0 Å². The van der Waals surface area contributed by atoms with Crippen molar-refractivity contribution >= 4 is 0 Å². The van der Waals surface area contributed by atoms with Gasteiger partial charge in [0.2, 0.25) is 0 Å². The van der Waals surface area contributed by atoms with Crippen LogP contribution in [0.2, 0.25) is 0 Å². The average molecular weight is 207 g/mol. The van der Waals surface area contributed by atoms with Crippen molar-refractivity contribution in [3.63, 3.8) is 0 Å². The minimum absolute atomic E-state index is 0.565. The van der Waals surface area contributed by atoms with Crippen molar-refractivity contribution < 1.29 is 10.2 Å². The van der Waals surface area contributed by atoms with Gasteiger partial charge in [0.15, 0.2) is 0 Å². The van der Waals surface area contributed by atoms with Crippen LogP contribution in [0.3, 0.4) is 0 Å². The van der Waals surface area contributed by atoms with Gasteiger partial charge in [0.1, 0.15) is 0 Å². The van der Waals surface area contributed by atoms with E-state index in [9.17, 15) is 10.2 Å². The van der Waals surface area contributed by atoms with E-state index >= 15 is 0 Å². The lowest BCUT2D eigenvalue weighted by Gasteiger charge is -2.16. The Labute approximate surface area is 90.0 Å². The minimum atomic E-state index is -0.589. The van der Waals surface area contributed by atoms with Gasteiger partial charge >= 0.3 is 0 Å². The van der Waals surface area contributed by atoms with Crippen molar-refractivity contribution in [3.8, 4) is 0 Å². The van der Waals surface area contributed by atoms with Crippen LogP contribution in [-0.4, -0.2) is 40.4 Å². The lowest BCUT2D eigenvalue weighted by molar-refractivity contribution is 0.0572. The molecule has 3 nitrogen and oxygen atoms in total. The number of benzene rings is 1. The summed E-state index contributed by atoms with van der Waals surface area (Å²) >= 11 is 0. The highest BCUT2D eigenvalue weighted by molar-refractivity contribution is 5.25. The predicted octanol–water partition coefficient (Wildman–Crippen LogP) is 0.532. The summed E-state index contributed by atoms with van der Waals surface area (Å²) < 4.78 is 0. The van der Waals surface area contributed by atoms with Crippen molar-refractivity contribution in [2.24, 2.45) is 0 Å². The van der Waals surface area contributed by atoms with Gasteiger partial charge in [0, 0.05) is 19.6 Å². The molecule has 82 valence electrons. The number of hydrogen-bond acceptors (Lipinski definition) is 3. The number of aliphatic hydroxyl groups is 2. The fourth-order valence-electron chi connectivity index (χ4n) is 2.00. The molecule has 2 N–H and O–H groups in total. The first-order valence-corrected chi connectivity index (χ1v) is 5.30. The molecule has 1 aliphatic rings. The number of β-amino-alcohol motifs (C(OH)–C–C–N with tert-alkyl or cyclic N) is 2. The molecule has 0 spiro atoms. The van der Waals surface area contributed by atoms with Crippen LogP contribution in [0.25, 0.3) is 0 Å². The normalized spacial score (nSPS) is 27.1. The SMILES string of the molecule is Cc1ccccc1CN1C[C@@H](O)[C@@H](O)C1. The topological polar surface area (TPSA) is 43.7 Å². The average Bonchev–Trinajstić information content (AvgIpc) is 2.50. The third-order valence-electron chi connectivity index (χ3n) is 2.99. The smallest absolute Gasteiger partial charge is 0.0938 e. The van der Waals surface area contributed by atoms with Crippen LogP contribution in [0.15, 0.2) is 24.3 Å². The van der Waals surface area contributed by atoms with Gasteiger partial charge in [0.25, 0.3) is 0 Å². The van der Waals surface area contributed by atoms with Crippen molar-refractivity contribution in [1.82, 2.24) is 4.90 Å². The summed E-state index contributed by atoms with van der Waals surface area (Å²) in [5.41, 5.74) is 2.52. The molecular formula is C12H17NO2. The number of aryl methyl sites for hydroxylation is 1. The summed E-state index contributed by atoms with van der Waals surface area (Å²) in [5.74, 6) is 0. The summed E-state index contributed by atoms with van der Waals surface area (Å²) in [6.45, 7) is 4.02. The number of likely N-dealkylation sites (tertiary alicyclic amines) is 1. The number of nitrogens with zero attached hydrogens (tertiary/aromatic N) is 1. The highest BCUT2D eigenvalue weighted by Crippen LogP contribution is 2.16. The van der Waals surface area contributed by atoms with E-state index in [2.05, 4.69) is 24.0 Å². The van der Waals surface area contributed by atoms with E-state index in [1.807, 2.05) is 12.1 Å². The summed E-state index contributed by atoms with van der Waals surface area (Å²) in [4.78, 5) is 2.08. The van der Waals surface area contributed by atoms with Gasteiger partial charge in [0.05, 0.1) is 12.2 Å². The highest BCUT2D eigenvalue weighted by atomic mass is 16.3. The maximum absolute atomic E-state index is 9.42. The predicted molar refractivity (Wildman–Crippen MR) is 58.5 cm³/mol. The van der Waals surface area contributed by atoms with Gasteiger partial charge in [-0.25, -0.2) is 0 Å². The molecule has 0 aromatic heterocycles. The Morgan fingerprint density at radius 1 is 1.20 bits per heavy atom. The second kappa shape index (κ2) is 4.31. The largest absolute Gasteiger partial charge is 0.389 e. The molecule has 1 fully saturated rings. The molecule has 1 aromatic carbocycles. The summed E-state index contributed by atoms with van der Waals surface area (Å²) in [6, 6.07) is 8.21. The summed E-state index contributed by atoms with van der Waals surface area (Å²) in [7, 11) is 0.